The second-order valence-electron chi connectivity index (χ2n) is 9.36. The van der Waals surface area contributed by atoms with Crippen molar-refractivity contribution in [3.8, 4) is 11.3 Å². The predicted octanol–water partition coefficient (Wildman–Crippen LogP) is 5.12. The summed E-state index contributed by atoms with van der Waals surface area (Å²) in [5, 5.41) is 7.72. The highest BCUT2D eigenvalue weighted by atomic mass is 19.3. The van der Waals surface area contributed by atoms with Crippen LogP contribution in [0.3, 0.4) is 0 Å². The average Bonchev–Trinajstić information content (AvgIpc) is 3.18. The Morgan fingerprint density at radius 2 is 2.14 bits per heavy atom. The van der Waals surface area contributed by atoms with Gasteiger partial charge in [0.15, 0.2) is 0 Å². The van der Waals surface area contributed by atoms with Gasteiger partial charge in [0.25, 0.3) is 0 Å². The number of nitrogens with zero attached hydrogens (tertiary/aromatic N) is 6. The van der Waals surface area contributed by atoms with Crippen LogP contribution in [0.4, 0.5) is 24.8 Å². The molecule has 0 saturated carbocycles. The zero-order valence-electron chi connectivity index (χ0n) is 19.8. The number of halogens is 3. The Labute approximate surface area is 201 Å². The van der Waals surface area contributed by atoms with Gasteiger partial charge in [-0.25, -0.2) is 22.7 Å². The van der Waals surface area contributed by atoms with Gasteiger partial charge in [-0.05, 0) is 51.1 Å². The van der Waals surface area contributed by atoms with Gasteiger partial charge < -0.3 is 10.2 Å². The molecule has 0 spiro atoms. The average molecular weight is 484 g/mol. The third kappa shape index (κ3) is 4.67. The number of likely N-dealkylation sites (tertiary alicyclic amines) is 1. The number of rotatable bonds is 6. The molecule has 2 aliphatic rings. The number of pyridine rings is 1. The minimum absolute atomic E-state index is 0.255. The molecule has 3 atom stereocenters. The number of fused-ring (bicyclic) bond motifs is 2. The lowest BCUT2D eigenvalue weighted by molar-refractivity contribution is 0.128. The lowest BCUT2D eigenvalue weighted by Crippen LogP contribution is -2.46. The summed E-state index contributed by atoms with van der Waals surface area (Å²) in [5.74, 6) is -0.0504. The molecule has 3 aromatic rings. The molecule has 184 valence electrons. The Morgan fingerprint density at radius 3 is 2.89 bits per heavy atom. The summed E-state index contributed by atoms with van der Waals surface area (Å²) < 4.78 is 42.7. The summed E-state index contributed by atoms with van der Waals surface area (Å²) in [6.07, 6.45) is 0.777. The van der Waals surface area contributed by atoms with Crippen LogP contribution in [0.1, 0.15) is 43.5 Å². The fourth-order valence-electron chi connectivity index (χ4n) is 4.94. The molecule has 0 aliphatic carbocycles. The van der Waals surface area contributed by atoms with Crippen LogP contribution >= 0.6 is 0 Å². The van der Waals surface area contributed by atoms with E-state index >= 15 is 0 Å². The molecule has 5 rings (SSSR count). The lowest BCUT2D eigenvalue weighted by atomic mass is 9.91. The topological polar surface area (TPSA) is 70.7 Å². The van der Waals surface area contributed by atoms with Crippen LogP contribution in [0.5, 0.6) is 0 Å². The molecule has 1 saturated heterocycles. The maximum absolute atomic E-state index is 14.5. The maximum atomic E-state index is 14.5. The Kier molecular flexibility index (Phi) is 6.31. The summed E-state index contributed by atoms with van der Waals surface area (Å²) in [7, 11) is 1.90. The van der Waals surface area contributed by atoms with Gasteiger partial charge in [0.1, 0.15) is 6.17 Å². The molecule has 0 radical (unpaired) electrons. The molecule has 0 aromatic carbocycles. The Morgan fingerprint density at radius 1 is 1.31 bits per heavy atom. The van der Waals surface area contributed by atoms with E-state index in [-0.39, 0.29) is 18.4 Å². The molecule has 2 aliphatic heterocycles. The van der Waals surface area contributed by atoms with Crippen molar-refractivity contribution < 1.29 is 13.2 Å². The molecule has 0 amide bonds. The van der Waals surface area contributed by atoms with E-state index in [1.165, 1.54) is 0 Å². The molecule has 35 heavy (non-hydrogen) atoms. The van der Waals surface area contributed by atoms with Crippen LogP contribution in [-0.4, -0.2) is 69.0 Å². The van der Waals surface area contributed by atoms with Crippen molar-refractivity contribution in [2.45, 2.75) is 50.7 Å². The number of hydrogen-bond donors (Lipinski definition) is 1. The normalized spacial score (nSPS) is 22.8. The first-order chi connectivity index (χ1) is 16.8. The van der Waals surface area contributed by atoms with E-state index in [0.29, 0.717) is 47.9 Å². The summed E-state index contributed by atoms with van der Waals surface area (Å²) in [6, 6.07) is 5.20. The summed E-state index contributed by atoms with van der Waals surface area (Å²) >= 11 is 0. The molecule has 1 N–H and O–H groups in total. The fraction of sp³-hybridized carbons (Fsp3) is 0.440. The molecule has 10 heteroatoms. The third-order valence-corrected chi connectivity index (χ3v) is 6.69. The van der Waals surface area contributed by atoms with E-state index in [2.05, 4.69) is 27.0 Å². The van der Waals surface area contributed by atoms with E-state index in [1.807, 2.05) is 37.1 Å². The van der Waals surface area contributed by atoms with E-state index in [9.17, 15) is 13.2 Å². The fourth-order valence-corrected chi connectivity index (χ4v) is 4.94. The van der Waals surface area contributed by atoms with Crippen molar-refractivity contribution >= 4 is 28.9 Å². The zero-order chi connectivity index (χ0) is 24.7. The van der Waals surface area contributed by atoms with Crippen LogP contribution in [0.2, 0.25) is 0 Å². The first-order valence-corrected chi connectivity index (χ1v) is 11.8. The van der Waals surface area contributed by atoms with E-state index in [1.54, 1.807) is 16.8 Å². The molecule has 1 unspecified atom stereocenters. The van der Waals surface area contributed by atoms with Crippen LogP contribution in [-0.2, 0) is 0 Å². The zero-order valence-corrected chi connectivity index (χ0v) is 19.8. The predicted molar refractivity (Wildman–Crippen MR) is 131 cm³/mol. The number of aliphatic imine (C=N–C) groups is 1. The first kappa shape index (κ1) is 23.5. The second kappa shape index (κ2) is 9.41. The summed E-state index contributed by atoms with van der Waals surface area (Å²) in [5.41, 5.74) is 4.86. The van der Waals surface area contributed by atoms with Gasteiger partial charge in [0.05, 0.1) is 40.5 Å². The second-order valence-corrected chi connectivity index (χ2v) is 9.36. The van der Waals surface area contributed by atoms with Gasteiger partial charge in [-0.15, -0.1) is 5.10 Å². The highest BCUT2D eigenvalue weighted by Gasteiger charge is 2.29. The quantitative estimate of drug-likeness (QED) is 0.527. The van der Waals surface area contributed by atoms with Gasteiger partial charge in [-0.2, -0.15) is 0 Å². The Hall–Kier alpha value is -3.27. The van der Waals surface area contributed by atoms with Crippen molar-refractivity contribution in [3.05, 3.63) is 42.4 Å². The number of hydrogen-bond acceptors (Lipinski definition) is 6. The molecule has 0 bridgehead atoms. The van der Waals surface area contributed by atoms with E-state index < -0.39 is 12.6 Å². The monoisotopic (exact) mass is 483 g/mol. The van der Waals surface area contributed by atoms with Crippen molar-refractivity contribution in [1.29, 1.82) is 0 Å². The number of anilines is 1. The van der Waals surface area contributed by atoms with Crippen molar-refractivity contribution in [2.75, 3.05) is 25.5 Å². The molecular formula is C25H28F3N7. The Balaban J connectivity index is 1.50. The van der Waals surface area contributed by atoms with E-state index in [0.717, 1.165) is 23.5 Å². The summed E-state index contributed by atoms with van der Waals surface area (Å²) in [6.45, 7) is 6.91. The SMILES string of the molecule is C=Cc1cc(-c2ccc3c(n2)C(CC(F)F)CC(C)=N3)c2cnc(N[C@H]3CCN(C)C[C@H]3F)nn12. The van der Waals surface area contributed by atoms with Gasteiger partial charge in [-0.3, -0.25) is 9.98 Å². The molecule has 7 nitrogen and oxygen atoms in total. The molecule has 5 heterocycles. The van der Waals surface area contributed by atoms with Gasteiger partial charge in [-0.1, -0.05) is 6.58 Å². The number of nitrogens with one attached hydrogen (secondary N) is 1. The van der Waals surface area contributed by atoms with Gasteiger partial charge >= 0.3 is 0 Å². The smallest absolute Gasteiger partial charge is 0.241 e. The van der Waals surface area contributed by atoms with Gasteiger partial charge in [0, 0.05) is 36.7 Å². The maximum Gasteiger partial charge on any atom is 0.241 e. The number of alkyl halides is 3. The standard InChI is InChI=1S/C25H28F3N7/c1-4-16-11-17(19-5-6-21-24(31-19)15(10-23(27)28)9-14(2)30-21)22-12-29-25(33-35(16)22)32-20-7-8-34(3)13-18(20)26/h4-6,11-12,15,18,20,23H,1,7-10,13H2,2-3H3,(H,32,33)/t15?,18-,20+/m1/s1. The van der Waals surface area contributed by atoms with Gasteiger partial charge in [0.2, 0.25) is 12.4 Å². The largest absolute Gasteiger partial charge is 0.347 e. The molecule has 3 aromatic heterocycles. The van der Waals surface area contributed by atoms with Crippen LogP contribution in [0.15, 0.2) is 36.0 Å². The summed E-state index contributed by atoms with van der Waals surface area (Å²) in [4.78, 5) is 15.7. The Bertz CT molecular complexity index is 1290. The highest BCUT2D eigenvalue weighted by Crippen LogP contribution is 2.39. The van der Waals surface area contributed by atoms with Crippen LogP contribution in [0, 0.1) is 0 Å². The minimum atomic E-state index is -2.42. The lowest BCUT2D eigenvalue weighted by Gasteiger charge is -2.32. The minimum Gasteiger partial charge on any atom is -0.347 e. The first-order valence-electron chi connectivity index (χ1n) is 11.8. The van der Waals surface area contributed by atoms with Crippen molar-refractivity contribution in [2.24, 2.45) is 4.99 Å². The number of aromatic nitrogens is 4. The van der Waals surface area contributed by atoms with Crippen molar-refractivity contribution in [1.82, 2.24) is 24.5 Å². The van der Waals surface area contributed by atoms with Crippen LogP contribution < -0.4 is 5.32 Å². The highest BCUT2D eigenvalue weighted by molar-refractivity contribution is 5.88. The molecular weight excluding hydrogens is 455 g/mol. The molecule has 1 fully saturated rings. The van der Waals surface area contributed by atoms with E-state index in [4.69, 9.17) is 4.98 Å². The third-order valence-electron chi connectivity index (χ3n) is 6.69. The number of piperidine rings is 1. The van der Waals surface area contributed by atoms with Crippen LogP contribution in [0.25, 0.3) is 22.9 Å². The van der Waals surface area contributed by atoms with Crippen molar-refractivity contribution in [3.63, 3.8) is 0 Å².